The lowest BCUT2D eigenvalue weighted by Gasteiger charge is -2.22. The van der Waals surface area contributed by atoms with E-state index in [1.807, 2.05) is 6.20 Å². The quantitative estimate of drug-likeness (QED) is 0.457. The van der Waals surface area contributed by atoms with Crippen molar-refractivity contribution in [3.8, 4) is 0 Å². The topological polar surface area (TPSA) is 109 Å². The first-order valence-corrected chi connectivity index (χ1v) is 11.1. The van der Waals surface area contributed by atoms with Crippen molar-refractivity contribution in [1.82, 2.24) is 9.88 Å². The molecular weight excluding hydrogens is 420 g/mol. The van der Waals surface area contributed by atoms with Gasteiger partial charge in [-0.05, 0) is 75.7 Å². The number of ether oxygens (including phenoxy) is 1. The molecule has 1 fully saturated rings. The van der Waals surface area contributed by atoms with Crippen LogP contribution in [0.4, 0.5) is 10.5 Å². The first-order chi connectivity index (χ1) is 15.8. The fourth-order valence-electron chi connectivity index (χ4n) is 4.25. The summed E-state index contributed by atoms with van der Waals surface area (Å²) in [5.41, 5.74) is 8.32. The van der Waals surface area contributed by atoms with Crippen molar-refractivity contribution in [3.05, 3.63) is 65.9 Å². The Hall–Kier alpha value is -3.49. The van der Waals surface area contributed by atoms with E-state index in [0.717, 1.165) is 40.8 Å². The van der Waals surface area contributed by atoms with Crippen LogP contribution in [0.1, 0.15) is 35.7 Å². The summed E-state index contributed by atoms with van der Waals surface area (Å²) in [6.07, 6.45) is 4.05. The summed E-state index contributed by atoms with van der Waals surface area (Å²) in [4.78, 5) is 44.7. The molecule has 1 aliphatic heterocycles. The third-order valence-electron chi connectivity index (χ3n) is 6.12. The molecule has 1 aromatic heterocycles. The fraction of sp³-hybridized carbons (Fsp3) is 0.320. The minimum Gasteiger partial charge on any atom is -0.372 e. The number of nitrogens with two attached hydrogens (primary N) is 1. The molecule has 0 saturated carbocycles. The van der Waals surface area contributed by atoms with Crippen LogP contribution < -0.4 is 10.6 Å². The standard InChI is InChI=1S/C25H28N4O4/c1-16(26)23(30)29(25(32)33-24(31)17-7-4-3-5-8-17)20-10-11-22-21(14-20)18(15-27-22)13-19-9-6-12-28(19)2/h3-5,7-8,10-11,14-16,19,27H,6,9,12-13,26H2,1-2H3/t16-,19+/m0/s1. The molecule has 1 saturated heterocycles. The van der Waals surface area contributed by atoms with Gasteiger partial charge >= 0.3 is 12.1 Å². The van der Waals surface area contributed by atoms with Crippen LogP contribution in [0.15, 0.2) is 54.7 Å². The van der Waals surface area contributed by atoms with Gasteiger partial charge in [0.1, 0.15) is 0 Å². The number of nitrogens with one attached hydrogen (secondary N) is 1. The van der Waals surface area contributed by atoms with Crippen molar-refractivity contribution < 1.29 is 19.1 Å². The lowest BCUT2D eigenvalue weighted by Crippen LogP contribution is -2.46. The maximum atomic E-state index is 12.9. The van der Waals surface area contributed by atoms with Crippen LogP contribution in [0.25, 0.3) is 10.9 Å². The third-order valence-corrected chi connectivity index (χ3v) is 6.12. The minimum absolute atomic E-state index is 0.211. The molecule has 0 bridgehead atoms. The van der Waals surface area contributed by atoms with Crippen LogP contribution in [0.5, 0.6) is 0 Å². The summed E-state index contributed by atoms with van der Waals surface area (Å²) in [6.45, 7) is 2.56. The monoisotopic (exact) mass is 448 g/mol. The number of imide groups is 1. The number of likely N-dealkylation sites (tertiary alicyclic amines) is 1. The molecule has 8 nitrogen and oxygen atoms in total. The number of fused-ring (bicyclic) bond motifs is 1. The van der Waals surface area contributed by atoms with Crippen LogP contribution in [-0.4, -0.2) is 53.5 Å². The number of nitrogens with zero attached hydrogens (tertiary/aromatic N) is 2. The Balaban J connectivity index is 1.64. The second-order valence-corrected chi connectivity index (χ2v) is 8.51. The zero-order valence-electron chi connectivity index (χ0n) is 18.8. The van der Waals surface area contributed by atoms with Crippen LogP contribution in [0, 0.1) is 0 Å². The summed E-state index contributed by atoms with van der Waals surface area (Å²) in [7, 11) is 2.13. The molecule has 0 aliphatic carbocycles. The molecule has 0 unspecified atom stereocenters. The number of H-pyrrole nitrogens is 1. The van der Waals surface area contributed by atoms with Gasteiger partial charge in [0.05, 0.1) is 17.3 Å². The van der Waals surface area contributed by atoms with Gasteiger partial charge in [-0.3, -0.25) is 4.79 Å². The van der Waals surface area contributed by atoms with Crippen molar-refractivity contribution >= 4 is 34.6 Å². The van der Waals surface area contributed by atoms with E-state index < -0.39 is 24.0 Å². The van der Waals surface area contributed by atoms with Crippen LogP contribution in [0.3, 0.4) is 0 Å². The molecule has 1 aliphatic rings. The maximum Gasteiger partial charge on any atom is 0.429 e. The molecule has 2 aromatic carbocycles. The van der Waals surface area contributed by atoms with Crippen molar-refractivity contribution in [2.75, 3.05) is 18.5 Å². The van der Waals surface area contributed by atoms with Gasteiger partial charge in [0, 0.05) is 23.1 Å². The van der Waals surface area contributed by atoms with E-state index in [1.54, 1.807) is 36.4 Å². The van der Waals surface area contributed by atoms with Gasteiger partial charge in [0.15, 0.2) is 0 Å². The minimum atomic E-state index is -1.09. The number of aromatic nitrogens is 1. The van der Waals surface area contributed by atoms with E-state index in [9.17, 15) is 14.4 Å². The Labute approximate surface area is 192 Å². The first-order valence-electron chi connectivity index (χ1n) is 11.1. The normalized spacial score (nSPS) is 17.1. The van der Waals surface area contributed by atoms with Crippen LogP contribution in [-0.2, 0) is 16.0 Å². The number of hydrogen-bond donors (Lipinski definition) is 2. The van der Waals surface area contributed by atoms with Crippen molar-refractivity contribution in [2.45, 2.75) is 38.3 Å². The highest BCUT2D eigenvalue weighted by Crippen LogP contribution is 2.29. The molecule has 4 rings (SSSR count). The molecule has 2 heterocycles. The third kappa shape index (κ3) is 4.81. The number of likely N-dealkylation sites (N-methyl/N-ethyl adjacent to an activating group) is 1. The van der Waals surface area contributed by atoms with Gasteiger partial charge in [0.2, 0.25) is 0 Å². The summed E-state index contributed by atoms with van der Waals surface area (Å²) in [5, 5.41) is 0.914. The van der Waals surface area contributed by atoms with Crippen molar-refractivity contribution in [1.29, 1.82) is 0 Å². The first kappa shape index (κ1) is 22.7. The Kier molecular flexibility index (Phi) is 6.57. The Morgan fingerprint density at radius 3 is 2.64 bits per heavy atom. The average Bonchev–Trinajstić information content (AvgIpc) is 3.40. The van der Waals surface area contributed by atoms with E-state index >= 15 is 0 Å². The number of rotatable bonds is 5. The molecule has 2 amide bonds. The maximum absolute atomic E-state index is 12.9. The van der Waals surface area contributed by atoms with Crippen molar-refractivity contribution in [2.24, 2.45) is 5.73 Å². The second kappa shape index (κ2) is 9.56. The molecule has 3 aromatic rings. The summed E-state index contributed by atoms with van der Waals surface area (Å²) in [6, 6.07) is 12.8. The summed E-state index contributed by atoms with van der Waals surface area (Å²) in [5.74, 6) is -1.50. The van der Waals surface area contributed by atoms with Gasteiger partial charge in [-0.15, -0.1) is 0 Å². The lowest BCUT2D eigenvalue weighted by molar-refractivity contribution is -0.118. The number of carbonyl (C=O) groups is 3. The number of anilines is 1. The lowest BCUT2D eigenvalue weighted by atomic mass is 10.0. The number of amides is 2. The highest BCUT2D eigenvalue weighted by molar-refractivity contribution is 6.17. The van der Waals surface area contributed by atoms with E-state index in [0.29, 0.717) is 11.7 Å². The van der Waals surface area contributed by atoms with E-state index in [1.165, 1.54) is 25.5 Å². The highest BCUT2D eigenvalue weighted by atomic mass is 16.6. The molecule has 8 heteroatoms. The predicted octanol–water partition coefficient (Wildman–Crippen LogP) is 3.46. The molecule has 3 N–H and O–H groups in total. The van der Waals surface area contributed by atoms with E-state index in [-0.39, 0.29) is 5.56 Å². The zero-order chi connectivity index (χ0) is 23.5. The number of esters is 1. The molecule has 0 radical (unpaired) electrons. The summed E-state index contributed by atoms with van der Waals surface area (Å²) >= 11 is 0. The Morgan fingerprint density at radius 1 is 1.21 bits per heavy atom. The molecule has 172 valence electrons. The van der Waals surface area contributed by atoms with Gasteiger partial charge in [-0.25, -0.2) is 14.5 Å². The fourth-order valence-corrected chi connectivity index (χ4v) is 4.25. The molecule has 33 heavy (non-hydrogen) atoms. The largest absolute Gasteiger partial charge is 0.429 e. The highest BCUT2D eigenvalue weighted by Gasteiger charge is 2.30. The van der Waals surface area contributed by atoms with Crippen LogP contribution in [0.2, 0.25) is 0 Å². The van der Waals surface area contributed by atoms with Gasteiger partial charge in [-0.2, -0.15) is 0 Å². The van der Waals surface area contributed by atoms with E-state index in [4.69, 9.17) is 10.5 Å². The SMILES string of the molecule is C[C@H](N)C(=O)N(C(=O)OC(=O)c1ccccc1)c1ccc2[nH]cc(C[C@H]3CCCN3C)c2c1. The zero-order valence-corrected chi connectivity index (χ0v) is 18.8. The second-order valence-electron chi connectivity index (χ2n) is 8.51. The van der Waals surface area contributed by atoms with Crippen molar-refractivity contribution in [3.63, 3.8) is 0 Å². The molecule has 0 spiro atoms. The molecular formula is C25H28N4O4. The molecule has 2 atom stereocenters. The predicted molar refractivity (Wildman–Crippen MR) is 126 cm³/mol. The number of benzene rings is 2. The average molecular weight is 449 g/mol. The van der Waals surface area contributed by atoms with E-state index in [2.05, 4.69) is 16.9 Å². The Bertz CT molecular complexity index is 1170. The number of carbonyl (C=O) groups excluding carboxylic acids is 3. The van der Waals surface area contributed by atoms with Gasteiger partial charge < -0.3 is 20.4 Å². The van der Waals surface area contributed by atoms with Gasteiger partial charge in [0.25, 0.3) is 5.91 Å². The number of aromatic amines is 1. The number of hydrogen-bond acceptors (Lipinski definition) is 6. The van der Waals surface area contributed by atoms with Crippen LogP contribution >= 0.6 is 0 Å². The summed E-state index contributed by atoms with van der Waals surface area (Å²) < 4.78 is 5.03. The Morgan fingerprint density at radius 2 is 1.97 bits per heavy atom. The van der Waals surface area contributed by atoms with Gasteiger partial charge in [-0.1, -0.05) is 18.2 Å². The smallest absolute Gasteiger partial charge is 0.372 e.